The van der Waals surface area contributed by atoms with Gasteiger partial charge in [-0.2, -0.15) is 0 Å². The quantitative estimate of drug-likeness (QED) is 0.702. The van der Waals surface area contributed by atoms with Gasteiger partial charge in [-0.1, -0.05) is 6.92 Å². The SMILES string of the molecule is CC1CCC(OC2C=CS(=O)(=O)C2)C1. The molecule has 14 heavy (non-hydrogen) atoms. The molecule has 3 unspecified atom stereocenters. The first-order valence-electron chi connectivity index (χ1n) is 5.11. The maximum Gasteiger partial charge on any atom is 0.174 e. The van der Waals surface area contributed by atoms with E-state index in [1.54, 1.807) is 6.08 Å². The van der Waals surface area contributed by atoms with Crippen LogP contribution in [0.2, 0.25) is 0 Å². The second kappa shape index (κ2) is 3.66. The minimum Gasteiger partial charge on any atom is -0.370 e. The Morgan fingerprint density at radius 1 is 1.36 bits per heavy atom. The van der Waals surface area contributed by atoms with Gasteiger partial charge < -0.3 is 4.74 Å². The van der Waals surface area contributed by atoms with Crippen LogP contribution in [0.3, 0.4) is 0 Å². The molecule has 2 aliphatic rings. The summed E-state index contributed by atoms with van der Waals surface area (Å²) in [5.74, 6) is 0.861. The summed E-state index contributed by atoms with van der Waals surface area (Å²) in [6.45, 7) is 2.21. The molecule has 3 atom stereocenters. The Morgan fingerprint density at radius 2 is 2.14 bits per heavy atom. The molecule has 0 radical (unpaired) electrons. The largest absolute Gasteiger partial charge is 0.370 e. The van der Waals surface area contributed by atoms with Crippen LogP contribution < -0.4 is 0 Å². The van der Waals surface area contributed by atoms with Gasteiger partial charge in [-0.05, 0) is 31.3 Å². The first-order chi connectivity index (χ1) is 6.55. The van der Waals surface area contributed by atoms with E-state index in [0.29, 0.717) is 0 Å². The highest BCUT2D eigenvalue weighted by molar-refractivity contribution is 7.94. The first-order valence-corrected chi connectivity index (χ1v) is 6.83. The van der Waals surface area contributed by atoms with Gasteiger partial charge in [0, 0.05) is 5.41 Å². The Labute approximate surface area is 85.1 Å². The second-order valence-corrected chi connectivity index (χ2v) is 6.30. The zero-order chi connectivity index (χ0) is 10.2. The van der Waals surface area contributed by atoms with Crippen LogP contribution in [0.5, 0.6) is 0 Å². The van der Waals surface area contributed by atoms with E-state index in [1.807, 2.05) is 0 Å². The summed E-state index contributed by atoms with van der Waals surface area (Å²) < 4.78 is 27.9. The molecule has 4 heteroatoms. The average molecular weight is 216 g/mol. The lowest BCUT2D eigenvalue weighted by Gasteiger charge is -2.15. The van der Waals surface area contributed by atoms with E-state index in [4.69, 9.17) is 4.74 Å². The Kier molecular flexibility index (Phi) is 2.66. The summed E-state index contributed by atoms with van der Waals surface area (Å²) in [6, 6.07) is 0. The molecule has 3 nitrogen and oxygen atoms in total. The molecule has 0 bridgehead atoms. The van der Waals surface area contributed by atoms with Gasteiger partial charge in [-0.3, -0.25) is 0 Å². The minimum atomic E-state index is -2.96. The van der Waals surface area contributed by atoms with E-state index in [-0.39, 0.29) is 18.0 Å². The van der Waals surface area contributed by atoms with Crippen molar-refractivity contribution in [2.45, 2.75) is 38.4 Å². The van der Waals surface area contributed by atoms with Crippen LogP contribution in [0, 0.1) is 5.92 Å². The van der Waals surface area contributed by atoms with Crippen molar-refractivity contribution in [3.05, 3.63) is 11.5 Å². The molecule has 1 aliphatic carbocycles. The molecule has 0 amide bonds. The van der Waals surface area contributed by atoms with E-state index in [9.17, 15) is 8.42 Å². The van der Waals surface area contributed by atoms with Crippen LogP contribution in [0.15, 0.2) is 11.5 Å². The van der Waals surface area contributed by atoms with Gasteiger partial charge in [0.2, 0.25) is 0 Å². The zero-order valence-corrected chi connectivity index (χ0v) is 9.16. The van der Waals surface area contributed by atoms with Gasteiger partial charge in [0.25, 0.3) is 0 Å². The van der Waals surface area contributed by atoms with Gasteiger partial charge in [0.1, 0.15) is 0 Å². The van der Waals surface area contributed by atoms with Crippen molar-refractivity contribution >= 4 is 9.84 Å². The summed E-state index contributed by atoms with van der Waals surface area (Å²) in [6.07, 6.45) is 5.09. The van der Waals surface area contributed by atoms with Crippen LogP contribution in [0.25, 0.3) is 0 Å². The summed E-state index contributed by atoms with van der Waals surface area (Å²) in [5, 5.41) is 1.27. The Bertz CT molecular complexity index is 331. The fourth-order valence-corrected chi connectivity index (χ4v) is 3.33. The standard InChI is InChI=1S/C10H16O3S/c1-8-2-3-9(6-8)13-10-4-5-14(11,12)7-10/h4-5,8-10H,2-3,6-7H2,1H3. The van der Waals surface area contributed by atoms with Gasteiger partial charge in [-0.15, -0.1) is 0 Å². The normalized spacial score (nSPS) is 40.5. The molecule has 1 heterocycles. The van der Waals surface area contributed by atoms with Crippen LogP contribution >= 0.6 is 0 Å². The van der Waals surface area contributed by atoms with Gasteiger partial charge in [0.15, 0.2) is 9.84 Å². The molecular formula is C10H16O3S. The lowest BCUT2D eigenvalue weighted by atomic mass is 10.1. The highest BCUT2D eigenvalue weighted by atomic mass is 32.2. The maximum atomic E-state index is 11.1. The van der Waals surface area contributed by atoms with Crippen molar-refractivity contribution in [3.8, 4) is 0 Å². The molecule has 0 N–H and O–H groups in total. The summed E-state index contributed by atoms with van der Waals surface area (Å²) in [5.41, 5.74) is 0. The molecule has 0 aromatic heterocycles. The van der Waals surface area contributed by atoms with Gasteiger partial charge in [-0.25, -0.2) is 8.42 Å². The van der Waals surface area contributed by atoms with Crippen molar-refractivity contribution in [2.24, 2.45) is 5.92 Å². The van der Waals surface area contributed by atoms with Crippen molar-refractivity contribution < 1.29 is 13.2 Å². The number of sulfone groups is 1. The van der Waals surface area contributed by atoms with Crippen molar-refractivity contribution in [3.63, 3.8) is 0 Å². The van der Waals surface area contributed by atoms with Crippen molar-refractivity contribution in [2.75, 3.05) is 5.75 Å². The Balaban J connectivity index is 1.86. The number of ether oxygens (including phenoxy) is 1. The smallest absolute Gasteiger partial charge is 0.174 e. The van der Waals surface area contributed by atoms with Crippen molar-refractivity contribution in [1.82, 2.24) is 0 Å². The fourth-order valence-electron chi connectivity index (χ4n) is 2.16. The number of hydrogen-bond donors (Lipinski definition) is 0. The van der Waals surface area contributed by atoms with Crippen LogP contribution in [0.4, 0.5) is 0 Å². The lowest BCUT2D eigenvalue weighted by Crippen LogP contribution is -2.21. The van der Waals surface area contributed by atoms with E-state index in [0.717, 1.165) is 18.8 Å². The van der Waals surface area contributed by atoms with Crippen LogP contribution in [-0.2, 0) is 14.6 Å². The van der Waals surface area contributed by atoms with Crippen molar-refractivity contribution in [1.29, 1.82) is 0 Å². The summed E-state index contributed by atoms with van der Waals surface area (Å²) in [4.78, 5) is 0. The molecule has 0 spiro atoms. The molecule has 1 aliphatic heterocycles. The molecule has 1 fully saturated rings. The topological polar surface area (TPSA) is 43.4 Å². The predicted molar refractivity (Wildman–Crippen MR) is 54.6 cm³/mol. The second-order valence-electron chi connectivity index (χ2n) is 4.37. The summed E-state index contributed by atoms with van der Waals surface area (Å²) >= 11 is 0. The van der Waals surface area contributed by atoms with Crippen LogP contribution in [0.1, 0.15) is 26.2 Å². The number of rotatable bonds is 2. The zero-order valence-electron chi connectivity index (χ0n) is 8.35. The third-order valence-electron chi connectivity index (χ3n) is 2.91. The molecular weight excluding hydrogens is 200 g/mol. The van der Waals surface area contributed by atoms with Gasteiger partial charge >= 0.3 is 0 Å². The fraction of sp³-hybridized carbons (Fsp3) is 0.800. The Morgan fingerprint density at radius 3 is 2.64 bits per heavy atom. The highest BCUT2D eigenvalue weighted by Gasteiger charge is 2.28. The minimum absolute atomic E-state index is 0.137. The molecule has 0 aromatic rings. The molecule has 1 saturated carbocycles. The van der Waals surface area contributed by atoms with E-state index in [2.05, 4.69) is 6.92 Å². The number of hydrogen-bond acceptors (Lipinski definition) is 3. The molecule has 80 valence electrons. The monoisotopic (exact) mass is 216 g/mol. The Hall–Kier alpha value is -0.350. The maximum absolute atomic E-state index is 11.1. The van der Waals surface area contributed by atoms with E-state index < -0.39 is 9.84 Å². The predicted octanol–water partition coefficient (Wildman–Crippen LogP) is 1.50. The third kappa shape index (κ3) is 2.36. The van der Waals surface area contributed by atoms with E-state index in [1.165, 1.54) is 11.8 Å². The third-order valence-corrected chi connectivity index (χ3v) is 4.28. The molecule has 2 rings (SSSR count). The van der Waals surface area contributed by atoms with Gasteiger partial charge in [0.05, 0.1) is 18.0 Å². The first kappa shape index (κ1) is 10.2. The highest BCUT2D eigenvalue weighted by Crippen LogP contribution is 2.29. The molecule has 0 aromatic carbocycles. The lowest BCUT2D eigenvalue weighted by molar-refractivity contribution is 0.0285. The molecule has 0 saturated heterocycles. The average Bonchev–Trinajstić information content (AvgIpc) is 2.59. The van der Waals surface area contributed by atoms with Crippen LogP contribution in [-0.4, -0.2) is 26.4 Å². The van der Waals surface area contributed by atoms with E-state index >= 15 is 0 Å². The summed E-state index contributed by atoms with van der Waals surface area (Å²) in [7, 11) is -2.96.